The maximum absolute atomic E-state index is 12.3. The predicted octanol–water partition coefficient (Wildman–Crippen LogP) is 0.952. The first-order valence-corrected chi connectivity index (χ1v) is 10.2. The number of hydrogen-bond acceptors (Lipinski definition) is 6. The molecule has 1 amide bonds. The third-order valence-electron chi connectivity index (χ3n) is 5.91. The molecular weight excluding hydrogens is 346 g/mol. The van der Waals surface area contributed by atoms with Gasteiger partial charge in [-0.2, -0.15) is 0 Å². The molecule has 0 radical (unpaired) electrons. The van der Waals surface area contributed by atoms with Crippen LogP contribution in [0, 0.1) is 11.8 Å². The highest BCUT2D eigenvalue weighted by Crippen LogP contribution is 2.33. The summed E-state index contributed by atoms with van der Waals surface area (Å²) in [5.74, 6) is 0.806. The molecule has 4 heterocycles. The van der Waals surface area contributed by atoms with Crippen LogP contribution in [0.15, 0.2) is 0 Å². The Morgan fingerprint density at radius 1 is 1.33 bits per heavy atom. The van der Waals surface area contributed by atoms with E-state index in [2.05, 4.69) is 34.4 Å². The van der Waals surface area contributed by atoms with Crippen LogP contribution in [0.3, 0.4) is 0 Å². The quantitative estimate of drug-likeness (QED) is 0.823. The second-order valence-corrected chi connectivity index (χ2v) is 8.60. The van der Waals surface area contributed by atoms with Gasteiger partial charge in [-0.1, -0.05) is 19.1 Å². The van der Waals surface area contributed by atoms with Gasteiger partial charge in [-0.05, 0) is 25.2 Å². The van der Waals surface area contributed by atoms with E-state index in [0.717, 1.165) is 56.8 Å². The fourth-order valence-corrected chi connectivity index (χ4v) is 4.45. The van der Waals surface area contributed by atoms with Gasteiger partial charge in [-0.25, -0.2) is 4.68 Å². The van der Waals surface area contributed by atoms with Crippen molar-refractivity contribution >= 4 is 5.91 Å². The van der Waals surface area contributed by atoms with Gasteiger partial charge in [-0.15, -0.1) is 5.10 Å². The Hall–Kier alpha value is -1.51. The van der Waals surface area contributed by atoms with Crippen molar-refractivity contribution in [3.05, 3.63) is 11.4 Å². The predicted molar refractivity (Wildman–Crippen MR) is 98.8 cm³/mol. The van der Waals surface area contributed by atoms with Gasteiger partial charge in [0, 0.05) is 38.8 Å². The van der Waals surface area contributed by atoms with Gasteiger partial charge in [0.1, 0.15) is 11.3 Å². The zero-order valence-corrected chi connectivity index (χ0v) is 16.4. The van der Waals surface area contributed by atoms with Gasteiger partial charge in [0.05, 0.1) is 25.4 Å². The molecule has 1 aromatic rings. The Morgan fingerprint density at radius 3 is 2.93 bits per heavy atom. The summed E-state index contributed by atoms with van der Waals surface area (Å²) in [5.41, 5.74) is 1.68. The molecule has 8 nitrogen and oxygen atoms in total. The Labute approximate surface area is 160 Å². The molecular formula is C19H31N5O3. The largest absolute Gasteiger partial charge is 0.381 e. The molecule has 1 spiro atoms. The minimum atomic E-state index is -0.141. The number of carbonyl (C=O) groups is 1. The van der Waals surface area contributed by atoms with Gasteiger partial charge in [0.25, 0.3) is 0 Å². The highest BCUT2D eigenvalue weighted by atomic mass is 16.5. The number of hydrogen-bond donors (Lipinski definition) is 1. The number of ether oxygens (including phenoxy) is 2. The minimum absolute atomic E-state index is 0.0510. The number of carbonyl (C=O) groups excluding carboxylic acids is 1. The number of fused-ring (bicyclic) bond motifs is 1. The van der Waals surface area contributed by atoms with E-state index in [0.29, 0.717) is 32.3 Å². The Morgan fingerprint density at radius 2 is 2.15 bits per heavy atom. The second kappa shape index (κ2) is 7.85. The van der Waals surface area contributed by atoms with Crippen LogP contribution in [0.1, 0.15) is 44.5 Å². The molecule has 3 aliphatic heterocycles. The van der Waals surface area contributed by atoms with Gasteiger partial charge in [0.2, 0.25) is 5.91 Å². The zero-order valence-electron chi connectivity index (χ0n) is 16.4. The summed E-state index contributed by atoms with van der Waals surface area (Å²) >= 11 is 0. The molecule has 0 aromatic carbocycles. The fraction of sp³-hybridized carbons (Fsp3) is 0.842. The van der Waals surface area contributed by atoms with Crippen molar-refractivity contribution in [3.8, 4) is 0 Å². The van der Waals surface area contributed by atoms with Crippen LogP contribution < -0.4 is 5.32 Å². The molecule has 27 heavy (non-hydrogen) atoms. The monoisotopic (exact) mass is 377 g/mol. The number of nitrogens with one attached hydrogen (secondary N) is 1. The molecule has 0 bridgehead atoms. The molecule has 2 fully saturated rings. The summed E-state index contributed by atoms with van der Waals surface area (Å²) < 4.78 is 13.6. The highest BCUT2D eigenvalue weighted by Gasteiger charge is 2.43. The Balaban J connectivity index is 1.34. The van der Waals surface area contributed by atoms with Gasteiger partial charge in [0.15, 0.2) is 0 Å². The van der Waals surface area contributed by atoms with Crippen LogP contribution in [-0.4, -0.2) is 64.3 Å². The van der Waals surface area contributed by atoms with Crippen molar-refractivity contribution in [1.29, 1.82) is 0 Å². The topological polar surface area (TPSA) is 81.5 Å². The standard InChI is InChI=1S/C19H31N5O3/c1-14(2)10-23-6-5-19(12-23)13-24-17(11-27-19)16(21-22-24)9-20-18(25)15-3-7-26-8-4-15/h14-15H,3-13H2,1-2H3,(H,20,25). The third-order valence-corrected chi connectivity index (χ3v) is 5.91. The second-order valence-electron chi connectivity index (χ2n) is 8.60. The minimum Gasteiger partial charge on any atom is -0.381 e. The first-order valence-electron chi connectivity index (χ1n) is 10.2. The van der Waals surface area contributed by atoms with E-state index in [9.17, 15) is 4.79 Å². The summed E-state index contributed by atoms with van der Waals surface area (Å²) in [7, 11) is 0. The number of rotatable bonds is 5. The van der Waals surface area contributed by atoms with E-state index in [4.69, 9.17) is 9.47 Å². The molecule has 2 saturated heterocycles. The van der Waals surface area contributed by atoms with E-state index in [1.165, 1.54) is 0 Å². The summed E-state index contributed by atoms with van der Waals surface area (Å²) in [5, 5.41) is 11.7. The first kappa shape index (κ1) is 18.8. The van der Waals surface area contributed by atoms with Crippen LogP contribution in [0.25, 0.3) is 0 Å². The average molecular weight is 377 g/mol. The lowest BCUT2D eigenvalue weighted by Crippen LogP contribution is -2.45. The van der Waals surface area contributed by atoms with Crippen LogP contribution in [0.5, 0.6) is 0 Å². The van der Waals surface area contributed by atoms with Crippen molar-refractivity contribution in [1.82, 2.24) is 25.2 Å². The third kappa shape index (κ3) is 4.17. The maximum Gasteiger partial charge on any atom is 0.223 e. The lowest BCUT2D eigenvalue weighted by Gasteiger charge is -2.34. The lowest BCUT2D eigenvalue weighted by atomic mass is 9.99. The highest BCUT2D eigenvalue weighted by molar-refractivity contribution is 5.78. The molecule has 0 aliphatic carbocycles. The van der Waals surface area contributed by atoms with Crippen LogP contribution in [-0.2, 0) is 34.0 Å². The lowest BCUT2D eigenvalue weighted by molar-refractivity contribution is -0.128. The molecule has 150 valence electrons. The van der Waals surface area contributed by atoms with Crippen molar-refractivity contribution < 1.29 is 14.3 Å². The summed E-state index contributed by atoms with van der Waals surface area (Å²) in [6.07, 6.45) is 2.63. The molecule has 1 unspecified atom stereocenters. The van der Waals surface area contributed by atoms with Crippen LogP contribution in [0.4, 0.5) is 0 Å². The molecule has 1 aromatic heterocycles. The van der Waals surface area contributed by atoms with E-state index in [1.807, 2.05) is 4.68 Å². The maximum atomic E-state index is 12.3. The SMILES string of the molecule is CC(C)CN1CCC2(C1)Cn1nnc(CNC(=O)C3CCOCC3)c1CO2. The van der Waals surface area contributed by atoms with Crippen LogP contribution >= 0.6 is 0 Å². The molecule has 8 heteroatoms. The zero-order chi connectivity index (χ0) is 18.9. The molecule has 3 aliphatic rings. The summed E-state index contributed by atoms with van der Waals surface area (Å²) in [6, 6.07) is 0. The number of amides is 1. The Kier molecular flexibility index (Phi) is 5.48. The normalized spacial score (nSPS) is 26.6. The summed E-state index contributed by atoms with van der Waals surface area (Å²) in [6.45, 7) is 10.7. The van der Waals surface area contributed by atoms with Crippen molar-refractivity contribution in [3.63, 3.8) is 0 Å². The van der Waals surface area contributed by atoms with Gasteiger partial charge < -0.3 is 19.7 Å². The van der Waals surface area contributed by atoms with Crippen molar-refractivity contribution in [2.45, 2.75) is 58.4 Å². The fourth-order valence-electron chi connectivity index (χ4n) is 4.45. The smallest absolute Gasteiger partial charge is 0.223 e. The van der Waals surface area contributed by atoms with E-state index in [-0.39, 0.29) is 17.4 Å². The average Bonchev–Trinajstić information content (AvgIpc) is 3.24. The molecule has 1 atom stereocenters. The summed E-state index contributed by atoms with van der Waals surface area (Å²) in [4.78, 5) is 14.8. The number of likely N-dealkylation sites (tertiary alicyclic amines) is 1. The van der Waals surface area contributed by atoms with E-state index >= 15 is 0 Å². The number of aromatic nitrogens is 3. The van der Waals surface area contributed by atoms with Gasteiger partial charge in [-0.3, -0.25) is 4.79 Å². The van der Waals surface area contributed by atoms with Gasteiger partial charge >= 0.3 is 0 Å². The Bertz CT molecular complexity index is 670. The molecule has 4 rings (SSSR count). The van der Waals surface area contributed by atoms with Crippen molar-refractivity contribution in [2.75, 3.05) is 32.8 Å². The van der Waals surface area contributed by atoms with Crippen molar-refractivity contribution in [2.24, 2.45) is 11.8 Å². The van der Waals surface area contributed by atoms with Crippen LogP contribution in [0.2, 0.25) is 0 Å². The molecule has 0 saturated carbocycles. The molecule has 1 N–H and O–H groups in total. The number of nitrogens with zero attached hydrogens (tertiary/aromatic N) is 4. The van der Waals surface area contributed by atoms with E-state index in [1.54, 1.807) is 0 Å². The van der Waals surface area contributed by atoms with E-state index < -0.39 is 0 Å². The first-order chi connectivity index (χ1) is 13.0.